The molecule has 0 bridgehead atoms. The van der Waals surface area contributed by atoms with E-state index in [9.17, 15) is 14.7 Å². The molecule has 1 unspecified atom stereocenters. The SMILES string of the molecule is C=CCN(CC=C)C(=O)N1Cc2[nH]cnc2CC1C(=O)O. The Morgan fingerprint density at radius 1 is 1.48 bits per heavy atom. The molecule has 0 saturated heterocycles. The van der Waals surface area contributed by atoms with E-state index in [0.29, 0.717) is 18.8 Å². The minimum absolute atomic E-state index is 0.204. The standard InChI is InChI=1S/C14H18N4O3/c1-3-5-17(6-4-2)14(21)18-8-11-10(15-9-16-11)7-12(18)13(19)20/h3-4,9,12H,1-2,5-8H2,(H,15,16)(H,19,20). The topological polar surface area (TPSA) is 89.5 Å². The fourth-order valence-corrected chi connectivity index (χ4v) is 2.38. The zero-order valence-electron chi connectivity index (χ0n) is 11.7. The van der Waals surface area contributed by atoms with Crippen molar-refractivity contribution in [2.75, 3.05) is 13.1 Å². The van der Waals surface area contributed by atoms with Gasteiger partial charge in [-0.05, 0) is 0 Å². The summed E-state index contributed by atoms with van der Waals surface area (Å²) in [6, 6.07) is -1.26. The lowest BCUT2D eigenvalue weighted by Crippen LogP contribution is -2.53. The quantitative estimate of drug-likeness (QED) is 0.792. The summed E-state index contributed by atoms with van der Waals surface area (Å²) < 4.78 is 0. The number of H-pyrrole nitrogens is 1. The molecular formula is C14H18N4O3. The van der Waals surface area contributed by atoms with E-state index in [1.165, 1.54) is 16.1 Å². The Labute approximate surface area is 122 Å². The summed E-state index contributed by atoms with van der Waals surface area (Å²) in [5, 5.41) is 9.37. The number of aromatic nitrogens is 2. The van der Waals surface area contributed by atoms with Crippen LogP contribution in [-0.2, 0) is 17.8 Å². The van der Waals surface area contributed by atoms with Gasteiger partial charge < -0.3 is 19.9 Å². The summed E-state index contributed by atoms with van der Waals surface area (Å²) in [5.74, 6) is -1.03. The maximum atomic E-state index is 12.6. The van der Waals surface area contributed by atoms with Crippen LogP contribution in [0.4, 0.5) is 4.79 Å². The Kier molecular flexibility index (Phi) is 4.42. The van der Waals surface area contributed by atoms with Gasteiger partial charge in [-0.2, -0.15) is 0 Å². The first-order valence-corrected chi connectivity index (χ1v) is 6.59. The van der Waals surface area contributed by atoms with Gasteiger partial charge in [-0.1, -0.05) is 12.2 Å². The third-order valence-electron chi connectivity index (χ3n) is 3.40. The molecule has 0 spiro atoms. The number of aromatic amines is 1. The van der Waals surface area contributed by atoms with Gasteiger partial charge in [0.15, 0.2) is 0 Å². The molecule has 2 heterocycles. The highest BCUT2D eigenvalue weighted by Gasteiger charge is 2.37. The van der Waals surface area contributed by atoms with Crippen molar-refractivity contribution in [1.82, 2.24) is 19.8 Å². The van der Waals surface area contributed by atoms with Gasteiger partial charge in [-0.3, -0.25) is 0 Å². The number of nitrogens with one attached hydrogen (secondary N) is 1. The number of fused-ring (bicyclic) bond motifs is 1. The van der Waals surface area contributed by atoms with E-state index < -0.39 is 12.0 Å². The lowest BCUT2D eigenvalue weighted by Gasteiger charge is -2.35. The van der Waals surface area contributed by atoms with E-state index in [4.69, 9.17) is 0 Å². The van der Waals surface area contributed by atoms with Gasteiger partial charge in [0.05, 0.1) is 24.3 Å². The molecule has 2 N–H and O–H groups in total. The van der Waals surface area contributed by atoms with Crippen molar-refractivity contribution in [2.45, 2.75) is 19.0 Å². The van der Waals surface area contributed by atoms with E-state index in [0.717, 1.165) is 5.69 Å². The second kappa shape index (κ2) is 6.25. The summed E-state index contributed by atoms with van der Waals surface area (Å²) in [5.41, 5.74) is 1.48. The molecule has 112 valence electrons. The molecule has 0 aliphatic carbocycles. The fourth-order valence-electron chi connectivity index (χ4n) is 2.38. The maximum absolute atomic E-state index is 12.6. The molecule has 2 rings (SSSR count). The van der Waals surface area contributed by atoms with Crippen LogP contribution < -0.4 is 0 Å². The summed E-state index contributed by atoms with van der Waals surface area (Å²) in [6.45, 7) is 8.10. The van der Waals surface area contributed by atoms with Gasteiger partial charge in [0, 0.05) is 19.5 Å². The number of hydrogen-bond donors (Lipinski definition) is 2. The van der Waals surface area contributed by atoms with E-state index in [1.54, 1.807) is 12.2 Å². The Morgan fingerprint density at radius 3 is 2.71 bits per heavy atom. The number of carbonyl (C=O) groups is 2. The van der Waals surface area contributed by atoms with Crippen LogP contribution in [0.25, 0.3) is 0 Å². The monoisotopic (exact) mass is 290 g/mol. The van der Waals surface area contributed by atoms with Crippen LogP contribution in [0.2, 0.25) is 0 Å². The minimum atomic E-state index is -1.03. The Balaban J connectivity index is 2.26. The lowest BCUT2D eigenvalue weighted by atomic mass is 10.0. The second-order valence-electron chi connectivity index (χ2n) is 4.78. The van der Waals surface area contributed by atoms with Crippen molar-refractivity contribution < 1.29 is 14.7 Å². The van der Waals surface area contributed by atoms with Crippen LogP contribution in [0.3, 0.4) is 0 Å². The number of imidazole rings is 1. The molecule has 7 nitrogen and oxygen atoms in total. The smallest absolute Gasteiger partial charge is 0.326 e. The largest absolute Gasteiger partial charge is 0.480 e. The van der Waals surface area contributed by atoms with Crippen molar-refractivity contribution in [2.24, 2.45) is 0 Å². The molecule has 0 saturated carbocycles. The highest BCUT2D eigenvalue weighted by Crippen LogP contribution is 2.22. The number of rotatable bonds is 5. The normalized spacial score (nSPS) is 17.0. The third-order valence-corrected chi connectivity index (χ3v) is 3.40. The third kappa shape index (κ3) is 2.96. The molecule has 0 fully saturated rings. The first kappa shape index (κ1) is 14.8. The predicted octanol–water partition coefficient (Wildman–Crippen LogP) is 1.02. The van der Waals surface area contributed by atoms with Gasteiger partial charge in [0.2, 0.25) is 0 Å². The molecule has 2 amide bonds. The van der Waals surface area contributed by atoms with E-state index in [1.807, 2.05) is 0 Å². The Hall–Kier alpha value is -2.57. The number of carboxylic acid groups (broad SMARTS) is 1. The van der Waals surface area contributed by atoms with Crippen molar-refractivity contribution in [3.63, 3.8) is 0 Å². The first-order chi connectivity index (χ1) is 10.1. The molecule has 0 aromatic carbocycles. The number of amides is 2. The fraction of sp³-hybridized carbons (Fsp3) is 0.357. The molecule has 1 aromatic heterocycles. The van der Waals surface area contributed by atoms with E-state index >= 15 is 0 Å². The van der Waals surface area contributed by atoms with Crippen LogP contribution in [-0.4, -0.2) is 56.0 Å². The second-order valence-corrected chi connectivity index (χ2v) is 4.78. The zero-order valence-corrected chi connectivity index (χ0v) is 11.7. The molecule has 0 radical (unpaired) electrons. The van der Waals surface area contributed by atoms with Gasteiger partial charge in [-0.25, -0.2) is 14.6 Å². The summed E-state index contributed by atoms with van der Waals surface area (Å²) in [6.07, 6.45) is 4.92. The van der Waals surface area contributed by atoms with Gasteiger partial charge in [0.1, 0.15) is 6.04 Å². The van der Waals surface area contributed by atoms with Crippen LogP contribution >= 0.6 is 0 Å². The highest BCUT2D eigenvalue weighted by atomic mass is 16.4. The average Bonchev–Trinajstić information content (AvgIpc) is 2.92. The van der Waals surface area contributed by atoms with Gasteiger partial charge in [0.25, 0.3) is 0 Å². The van der Waals surface area contributed by atoms with Gasteiger partial charge in [-0.15, -0.1) is 13.2 Å². The number of urea groups is 1. The number of carboxylic acids is 1. The molecule has 1 aliphatic heterocycles. The average molecular weight is 290 g/mol. The maximum Gasteiger partial charge on any atom is 0.326 e. The minimum Gasteiger partial charge on any atom is -0.480 e. The molecular weight excluding hydrogens is 272 g/mol. The van der Waals surface area contributed by atoms with Crippen molar-refractivity contribution in [1.29, 1.82) is 0 Å². The predicted molar refractivity (Wildman–Crippen MR) is 76.6 cm³/mol. The molecule has 21 heavy (non-hydrogen) atoms. The Bertz CT molecular complexity index is 556. The highest BCUT2D eigenvalue weighted by molar-refractivity contribution is 5.83. The number of hydrogen-bond acceptors (Lipinski definition) is 3. The van der Waals surface area contributed by atoms with Crippen molar-refractivity contribution >= 4 is 12.0 Å². The van der Waals surface area contributed by atoms with Crippen LogP contribution in [0.15, 0.2) is 31.6 Å². The molecule has 1 atom stereocenters. The van der Waals surface area contributed by atoms with Crippen molar-refractivity contribution in [3.05, 3.63) is 43.0 Å². The number of carbonyl (C=O) groups excluding carboxylic acids is 1. The van der Waals surface area contributed by atoms with Gasteiger partial charge >= 0.3 is 12.0 Å². The molecule has 1 aromatic rings. The van der Waals surface area contributed by atoms with Crippen LogP contribution in [0.1, 0.15) is 11.4 Å². The van der Waals surface area contributed by atoms with Crippen LogP contribution in [0.5, 0.6) is 0 Å². The first-order valence-electron chi connectivity index (χ1n) is 6.59. The lowest BCUT2D eigenvalue weighted by molar-refractivity contribution is -0.142. The number of nitrogens with zero attached hydrogens (tertiary/aromatic N) is 3. The van der Waals surface area contributed by atoms with Crippen molar-refractivity contribution in [3.8, 4) is 0 Å². The van der Waals surface area contributed by atoms with Crippen LogP contribution in [0, 0.1) is 0 Å². The molecule has 1 aliphatic rings. The van der Waals surface area contributed by atoms with E-state index in [2.05, 4.69) is 23.1 Å². The zero-order chi connectivity index (χ0) is 15.4. The molecule has 7 heteroatoms. The summed E-state index contributed by atoms with van der Waals surface area (Å²) >= 11 is 0. The summed E-state index contributed by atoms with van der Waals surface area (Å²) in [7, 11) is 0. The summed E-state index contributed by atoms with van der Waals surface area (Å²) in [4.78, 5) is 33.9. The van der Waals surface area contributed by atoms with E-state index in [-0.39, 0.29) is 19.0 Å². The Morgan fingerprint density at radius 2 is 2.14 bits per heavy atom. The number of aliphatic carboxylic acids is 1.